The van der Waals surface area contributed by atoms with E-state index in [1.54, 1.807) is 36.4 Å². The molecule has 0 amide bonds. The molecule has 0 spiro atoms. The lowest BCUT2D eigenvalue weighted by molar-refractivity contribution is -0.141. The number of anilines is 1. The number of thioether (sulfide) groups is 1. The molecule has 0 fully saturated rings. The van der Waals surface area contributed by atoms with Crippen LogP contribution in [0.1, 0.15) is 15.9 Å². The first-order valence-corrected chi connectivity index (χ1v) is 11.5. The fraction of sp³-hybridized carbons (Fsp3) is 0.208. The van der Waals surface area contributed by atoms with Gasteiger partial charge in [0.05, 0.1) is 19.4 Å². The molecule has 12 heteroatoms. The molecule has 2 N–H and O–H groups in total. The van der Waals surface area contributed by atoms with Crippen LogP contribution in [0.5, 0.6) is 0 Å². The standard InChI is InChI=1S/C24H22FN3O7S/c1-34-19(30)12-28-23(32)21(22(26)27(24(28)33)11-15-7-3-2-4-8-15)17(29)13-35-20(31)14-36-18-10-6-5-9-16(18)25/h2-10H,11-14,26H2,1H3. The Balaban J connectivity index is 1.86. The monoisotopic (exact) mass is 515 g/mol. The number of esters is 2. The Labute approximate surface area is 208 Å². The van der Waals surface area contributed by atoms with Crippen LogP contribution in [0.4, 0.5) is 10.2 Å². The van der Waals surface area contributed by atoms with Crippen LogP contribution < -0.4 is 17.0 Å². The van der Waals surface area contributed by atoms with Crippen molar-refractivity contribution in [2.75, 3.05) is 25.2 Å². The van der Waals surface area contributed by atoms with Crippen molar-refractivity contribution >= 4 is 35.3 Å². The summed E-state index contributed by atoms with van der Waals surface area (Å²) < 4.78 is 24.7. The fourth-order valence-electron chi connectivity index (χ4n) is 3.19. The number of nitrogens with two attached hydrogens (primary N) is 1. The minimum Gasteiger partial charge on any atom is -0.468 e. The van der Waals surface area contributed by atoms with Gasteiger partial charge in [-0.3, -0.25) is 23.7 Å². The molecule has 3 rings (SSSR count). The van der Waals surface area contributed by atoms with Crippen LogP contribution >= 0.6 is 11.8 Å². The molecular formula is C24H22FN3O7S. The number of hydrogen-bond donors (Lipinski definition) is 1. The van der Waals surface area contributed by atoms with Crippen molar-refractivity contribution in [3.63, 3.8) is 0 Å². The third kappa shape index (κ3) is 6.27. The summed E-state index contributed by atoms with van der Waals surface area (Å²) in [5.41, 5.74) is 4.05. The number of benzene rings is 2. The Hall–Kier alpha value is -4.19. The molecule has 0 aliphatic carbocycles. The van der Waals surface area contributed by atoms with Gasteiger partial charge in [0.1, 0.15) is 23.7 Å². The summed E-state index contributed by atoms with van der Waals surface area (Å²) in [6, 6.07) is 14.5. The number of halogens is 1. The predicted molar refractivity (Wildman–Crippen MR) is 129 cm³/mol. The zero-order valence-corrected chi connectivity index (χ0v) is 20.0. The molecule has 0 saturated heterocycles. The van der Waals surface area contributed by atoms with Crippen LogP contribution in [0.2, 0.25) is 0 Å². The number of hydrogen-bond acceptors (Lipinski definition) is 9. The molecule has 2 aromatic carbocycles. The number of methoxy groups -OCH3 is 1. The van der Waals surface area contributed by atoms with Crippen molar-refractivity contribution < 1.29 is 28.2 Å². The number of rotatable bonds is 10. The molecule has 0 unspecified atom stereocenters. The van der Waals surface area contributed by atoms with Gasteiger partial charge in [-0.15, -0.1) is 11.8 Å². The van der Waals surface area contributed by atoms with Gasteiger partial charge in [-0.1, -0.05) is 42.5 Å². The zero-order chi connectivity index (χ0) is 26.2. The van der Waals surface area contributed by atoms with Gasteiger partial charge in [0.2, 0.25) is 5.78 Å². The number of ether oxygens (including phenoxy) is 2. The Morgan fingerprint density at radius 1 is 0.972 bits per heavy atom. The number of nitrogens with zero attached hydrogens (tertiary/aromatic N) is 2. The largest absolute Gasteiger partial charge is 0.468 e. The van der Waals surface area contributed by atoms with Crippen molar-refractivity contribution in [2.45, 2.75) is 18.0 Å². The van der Waals surface area contributed by atoms with Crippen LogP contribution in [-0.2, 0) is 32.2 Å². The van der Waals surface area contributed by atoms with Gasteiger partial charge in [-0.25, -0.2) is 13.8 Å². The summed E-state index contributed by atoms with van der Waals surface area (Å²) in [6.07, 6.45) is 0. The molecule has 3 aromatic rings. The van der Waals surface area contributed by atoms with E-state index < -0.39 is 59.3 Å². The van der Waals surface area contributed by atoms with Crippen molar-refractivity contribution in [2.24, 2.45) is 0 Å². The summed E-state index contributed by atoms with van der Waals surface area (Å²) >= 11 is 0.878. The molecule has 1 aromatic heterocycles. The van der Waals surface area contributed by atoms with Crippen molar-refractivity contribution in [1.29, 1.82) is 0 Å². The van der Waals surface area contributed by atoms with E-state index in [4.69, 9.17) is 10.5 Å². The number of aromatic nitrogens is 2. The number of ketones is 1. The van der Waals surface area contributed by atoms with Crippen LogP contribution in [-0.4, -0.2) is 46.3 Å². The number of carbonyl (C=O) groups is 3. The minimum absolute atomic E-state index is 0.0910. The summed E-state index contributed by atoms with van der Waals surface area (Å²) in [5.74, 6) is -3.92. The molecule has 0 bridgehead atoms. The third-order valence-corrected chi connectivity index (χ3v) is 6.01. The van der Waals surface area contributed by atoms with Crippen LogP contribution in [0.25, 0.3) is 0 Å². The second kappa shape index (κ2) is 12.0. The van der Waals surface area contributed by atoms with Gasteiger partial charge in [0.15, 0.2) is 6.61 Å². The van der Waals surface area contributed by atoms with Crippen LogP contribution in [0.3, 0.4) is 0 Å². The molecule has 0 saturated carbocycles. The molecule has 0 aliphatic heterocycles. The first-order valence-electron chi connectivity index (χ1n) is 10.5. The molecule has 188 valence electrons. The van der Waals surface area contributed by atoms with E-state index in [0.717, 1.165) is 23.4 Å². The lowest BCUT2D eigenvalue weighted by Gasteiger charge is -2.16. The normalized spacial score (nSPS) is 10.6. The molecule has 36 heavy (non-hydrogen) atoms. The SMILES string of the molecule is COC(=O)Cn1c(=O)c(C(=O)COC(=O)CSc2ccccc2F)c(N)n(Cc2ccccc2)c1=O. The highest BCUT2D eigenvalue weighted by Gasteiger charge is 2.25. The maximum absolute atomic E-state index is 13.7. The highest BCUT2D eigenvalue weighted by atomic mass is 32.2. The van der Waals surface area contributed by atoms with E-state index in [0.29, 0.717) is 10.1 Å². The van der Waals surface area contributed by atoms with Gasteiger partial charge in [0.25, 0.3) is 5.56 Å². The average Bonchev–Trinajstić information content (AvgIpc) is 2.88. The maximum atomic E-state index is 13.7. The van der Waals surface area contributed by atoms with E-state index in [1.807, 2.05) is 0 Å². The van der Waals surface area contributed by atoms with E-state index in [1.165, 1.54) is 18.2 Å². The highest BCUT2D eigenvalue weighted by molar-refractivity contribution is 8.00. The smallest absolute Gasteiger partial charge is 0.333 e. The Morgan fingerprint density at radius 2 is 1.64 bits per heavy atom. The summed E-state index contributed by atoms with van der Waals surface area (Å²) in [4.78, 5) is 62.9. The van der Waals surface area contributed by atoms with Crippen LogP contribution in [0.15, 0.2) is 69.1 Å². The first kappa shape index (κ1) is 26.4. The third-order valence-electron chi connectivity index (χ3n) is 4.99. The van der Waals surface area contributed by atoms with Crippen molar-refractivity contribution in [3.05, 3.63) is 92.4 Å². The maximum Gasteiger partial charge on any atom is 0.333 e. The molecule has 0 aliphatic rings. The first-order chi connectivity index (χ1) is 17.2. The number of Topliss-reactive ketones (excluding diaryl/α,β-unsaturated/α-hetero) is 1. The van der Waals surface area contributed by atoms with Gasteiger partial charge in [0, 0.05) is 4.90 Å². The fourth-order valence-corrected chi connectivity index (χ4v) is 3.92. The summed E-state index contributed by atoms with van der Waals surface area (Å²) in [7, 11) is 1.08. The molecule has 10 nitrogen and oxygen atoms in total. The van der Waals surface area contributed by atoms with Gasteiger partial charge < -0.3 is 15.2 Å². The molecule has 0 radical (unpaired) electrons. The Morgan fingerprint density at radius 3 is 2.31 bits per heavy atom. The molecule has 0 atom stereocenters. The summed E-state index contributed by atoms with van der Waals surface area (Å²) in [6.45, 7) is -1.69. The quantitative estimate of drug-likeness (QED) is 0.241. The second-order valence-electron chi connectivity index (χ2n) is 7.38. The predicted octanol–water partition coefficient (Wildman–Crippen LogP) is 1.47. The van der Waals surface area contributed by atoms with E-state index >= 15 is 0 Å². The average molecular weight is 516 g/mol. The Bertz CT molecular complexity index is 1400. The van der Waals surface area contributed by atoms with Gasteiger partial charge in [-0.2, -0.15) is 0 Å². The minimum atomic E-state index is -1.12. The number of nitrogen functional groups attached to an aromatic ring is 1. The van der Waals surface area contributed by atoms with Crippen molar-refractivity contribution in [3.8, 4) is 0 Å². The topological polar surface area (TPSA) is 140 Å². The summed E-state index contributed by atoms with van der Waals surface area (Å²) in [5, 5.41) is 0. The van der Waals surface area contributed by atoms with E-state index in [9.17, 15) is 28.4 Å². The van der Waals surface area contributed by atoms with Gasteiger partial charge >= 0.3 is 17.6 Å². The lowest BCUT2D eigenvalue weighted by atomic mass is 10.2. The highest BCUT2D eigenvalue weighted by Crippen LogP contribution is 2.21. The Kier molecular flexibility index (Phi) is 8.79. The lowest BCUT2D eigenvalue weighted by Crippen LogP contribution is -2.46. The number of carbonyl (C=O) groups excluding carboxylic acids is 3. The van der Waals surface area contributed by atoms with Crippen LogP contribution in [0, 0.1) is 5.82 Å². The molecular weight excluding hydrogens is 493 g/mol. The second-order valence-corrected chi connectivity index (χ2v) is 8.40. The molecule has 1 heterocycles. The van der Waals surface area contributed by atoms with E-state index in [2.05, 4.69) is 4.74 Å². The van der Waals surface area contributed by atoms with Gasteiger partial charge in [-0.05, 0) is 17.7 Å². The van der Waals surface area contributed by atoms with E-state index in [-0.39, 0.29) is 17.2 Å². The van der Waals surface area contributed by atoms with Crippen molar-refractivity contribution in [1.82, 2.24) is 9.13 Å². The zero-order valence-electron chi connectivity index (χ0n) is 19.1.